The molecule has 0 spiro atoms. The lowest BCUT2D eigenvalue weighted by atomic mass is 10.0. The molecule has 2 heterocycles. The minimum Gasteiger partial charge on any atom is -0.300 e. The summed E-state index contributed by atoms with van der Waals surface area (Å²) in [5.74, 6) is -0.431. The number of carbonyl (C=O) groups excluding carboxylic acids is 2. The second-order valence-electron chi connectivity index (χ2n) is 6.36. The Morgan fingerprint density at radius 2 is 1.92 bits per heavy atom. The second kappa shape index (κ2) is 7.15. The summed E-state index contributed by atoms with van der Waals surface area (Å²) in [6, 6.07) is 8.31. The van der Waals surface area contributed by atoms with Crippen molar-refractivity contribution in [1.29, 1.82) is 0 Å². The number of fused-ring (bicyclic) bond motifs is 1. The summed E-state index contributed by atoms with van der Waals surface area (Å²) in [5, 5.41) is 4.47. The highest BCUT2D eigenvalue weighted by molar-refractivity contribution is 5.92. The molecule has 26 heavy (non-hydrogen) atoms. The molecule has 3 aromatic rings. The van der Waals surface area contributed by atoms with Gasteiger partial charge in [0.25, 0.3) is 0 Å². The molecule has 0 saturated carbocycles. The molecule has 5 nitrogen and oxygen atoms in total. The van der Waals surface area contributed by atoms with Crippen LogP contribution in [-0.4, -0.2) is 26.2 Å². The largest absolute Gasteiger partial charge is 0.300 e. The zero-order valence-electron chi connectivity index (χ0n) is 15.0. The van der Waals surface area contributed by atoms with Gasteiger partial charge >= 0.3 is 0 Å². The molecule has 0 N–H and O–H groups in total. The van der Waals surface area contributed by atoms with Crippen molar-refractivity contribution in [2.24, 2.45) is 0 Å². The van der Waals surface area contributed by atoms with Crippen LogP contribution in [0.2, 0.25) is 0 Å². The summed E-state index contributed by atoms with van der Waals surface area (Å²) in [6.07, 6.45) is 1.58. The zero-order valence-corrected chi connectivity index (χ0v) is 15.0. The Morgan fingerprint density at radius 1 is 1.15 bits per heavy atom. The van der Waals surface area contributed by atoms with Crippen LogP contribution < -0.4 is 0 Å². The number of aryl methyl sites for hydroxylation is 2. The minimum atomic E-state index is -0.390. The topological polar surface area (TPSA) is 64.3 Å². The molecule has 3 rings (SSSR count). The van der Waals surface area contributed by atoms with E-state index < -0.39 is 0 Å². The van der Waals surface area contributed by atoms with Gasteiger partial charge in [0.05, 0.1) is 5.69 Å². The van der Waals surface area contributed by atoms with Crippen LogP contribution in [0.1, 0.15) is 48.9 Å². The molecular weight excluding hydrogens is 333 g/mol. The van der Waals surface area contributed by atoms with Gasteiger partial charge < -0.3 is 4.79 Å². The van der Waals surface area contributed by atoms with Crippen molar-refractivity contribution >= 4 is 17.2 Å². The number of ketones is 2. The summed E-state index contributed by atoms with van der Waals surface area (Å²) in [5.41, 5.74) is 3.34. The first-order valence-electron chi connectivity index (χ1n) is 8.58. The van der Waals surface area contributed by atoms with Crippen LogP contribution in [0.5, 0.6) is 0 Å². The highest BCUT2D eigenvalue weighted by Crippen LogP contribution is 2.25. The maximum absolute atomic E-state index is 14.6. The van der Waals surface area contributed by atoms with E-state index in [1.54, 1.807) is 28.8 Å². The Labute approximate surface area is 150 Å². The van der Waals surface area contributed by atoms with E-state index in [2.05, 4.69) is 10.1 Å². The van der Waals surface area contributed by atoms with Gasteiger partial charge in [0.15, 0.2) is 11.4 Å². The van der Waals surface area contributed by atoms with Gasteiger partial charge in [-0.15, -0.1) is 0 Å². The molecule has 0 saturated heterocycles. The molecule has 134 valence electrons. The van der Waals surface area contributed by atoms with Crippen molar-refractivity contribution < 1.29 is 14.0 Å². The fraction of sp³-hybridized carbons (Fsp3) is 0.300. The maximum atomic E-state index is 14.6. The van der Waals surface area contributed by atoms with Gasteiger partial charge in [0.2, 0.25) is 0 Å². The van der Waals surface area contributed by atoms with Crippen LogP contribution in [0.15, 0.2) is 30.3 Å². The van der Waals surface area contributed by atoms with Crippen molar-refractivity contribution in [3.8, 4) is 11.3 Å². The first-order valence-corrected chi connectivity index (χ1v) is 8.58. The standard InChI is InChI=1S/C20H20FN3O2/c1-4-15-10-18(13(3)26)22-20-11-19(23-24(15)20)16-8-7-14(9-17(16)21)6-5-12(2)25/h7-11H,4-6H2,1-3H3. The lowest BCUT2D eigenvalue weighted by Crippen LogP contribution is -2.05. The Balaban J connectivity index is 2.02. The highest BCUT2D eigenvalue weighted by atomic mass is 19.1. The molecule has 2 aromatic heterocycles. The van der Waals surface area contributed by atoms with E-state index >= 15 is 0 Å². The Bertz CT molecular complexity index is 1010. The smallest absolute Gasteiger partial charge is 0.178 e. The van der Waals surface area contributed by atoms with Crippen molar-refractivity contribution in [2.45, 2.75) is 40.0 Å². The average molecular weight is 353 g/mol. The molecule has 0 unspecified atom stereocenters. The molecule has 0 aliphatic carbocycles. The van der Waals surface area contributed by atoms with Crippen LogP contribution in [0, 0.1) is 5.82 Å². The zero-order chi connectivity index (χ0) is 18.8. The number of carbonyl (C=O) groups is 2. The molecule has 0 bridgehead atoms. The molecule has 6 heteroatoms. The summed E-state index contributed by atoms with van der Waals surface area (Å²) < 4.78 is 16.2. The number of halogens is 1. The van der Waals surface area contributed by atoms with Gasteiger partial charge in [0, 0.05) is 30.7 Å². The summed E-state index contributed by atoms with van der Waals surface area (Å²) in [6.45, 7) is 4.95. The van der Waals surface area contributed by atoms with E-state index in [9.17, 15) is 14.0 Å². The maximum Gasteiger partial charge on any atom is 0.178 e. The van der Waals surface area contributed by atoms with Gasteiger partial charge in [-0.05, 0) is 43.5 Å². The van der Waals surface area contributed by atoms with Crippen molar-refractivity contribution in [1.82, 2.24) is 14.6 Å². The number of hydrogen-bond acceptors (Lipinski definition) is 4. The lowest BCUT2D eigenvalue weighted by molar-refractivity contribution is -0.116. The Kier molecular flexibility index (Phi) is 4.93. The Hall–Kier alpha value is -2.89. The van der Waals surface area contributed by atoms with Gasteiger partial charge in [-0.2, -0.15) is 5.10 Å². The normalized spacial score (nSPS) is 11.1. The monoisotopic (exact) mass is 353 g/mol. The van der Waals surface area contributed by atoms with Crippen LogP contribution in [0.4, 0.5) is 4.39 Å². The summed E-state index contributed by atoms with van der Waals surface area (Å²) >= 11 is 0. The van der Waals surface area contributed by atoms with E-state index in [0.29, 0.717) is 41.9 Å². The van der Waals surface area contributed by atoms with Crippen LogP contribution in [0.25, 0.3) is 16.9 Å². The quantitative estimate of drug-likeness (QED) is 0.632. The van der Waals surface area contributed by atoms with Gasteiger partial charge in [-0.3, -0.25) is 4.79 Å². The van der Waals surface area contributed by atoms with Crippen LogP contribution in [0.3, 0.4) is 0 Å². The van der Waals surface area contributed by atoms with Crippen molar-refractivity contribution in [3.05, 3.63) is 53.1 Å². The van der Waals surface area contributed by atoms with E-state index in [1.807, 2.05) is 6.92 Å². The fourth-order valence-electron chi connectivity index (χ4n) is 2.84. The predicted molar refractivity (Wildman–Crippen MR) is 96.8 cm³/mol. The third-order valence-electron chi connectivity index (χ3n) is 4.30. The molecule has 1 aromatic carbocycles. The molecule has 0 fully saturated rings. The minimum absolute atomic E-state index is 0.0780. The number of benzene rings is 1. The molecule has 0 aliphatic rings. The van der Waals surface area contributed by atoms with Crippen molar-refractivity contribution in [3.63, 3.8) is 0 Å². The number of nitrogens with zero attached hydrogens (tertiary/aromatic N) is 3. The summed E-state index contributed by atoms with van der Waals surface area (Å²) in [7, 11) is 0. The molecule has 0 radical (unpaired) electrons. The van der Waals surface area contributed by atoms with E-state index in [4.69, 9.17) is 0 Å². The van der Waals surface area contributed by atoms with E-state index in [1.165, 1.54) is 19.9 Å². The predicted octanol–water partition coefficient (Wildman–Crippen LogP) is 3.82. The lowest BCUT2D eigenvalue weighted by Gasteiger charge is -2.04. The Morgan fingerprint density at radius 3 is 2.54 bits per heavy atom. The van der Waals surface area contributed by atoms with E-state index in [0.717, 1.165) is 11.3 Å². The third-order valence-corrected chi connectivity index (χ3v) is 4.30. The number of aromatic nitrogens is 3. The number of rotatable bonds is 6. The van der Waals surface area contributed by atoms with Gasteiger partial charge in [-0.1, -0.05) is 13.0 Å². The van der Waals surface area contributed by atoms with Gasteiger partial charge in [-0.25, -0.2) is 13.9 Å². The second-order valence-corrected chi connectivity index (χ2v) is 6.36. The first-order chi connectivity index (χ1) is 12.4. The van der Waals surface area contributed by atoms with E-state index in [-0.39, 0.29) is 17.4 Å². The molecule has 0 atom stereocenters. The first kappa shape index (κ1) is 17.9. The number of hydrogen-bond donors (Lipinski definition) is 0. The third kappa shape index (κ3) is 3.54. The van der Waals surface area contributed by atoms with Crippen LogP contribution >= 0.6 is 0 Å². The molecular formula is C20H20FN3O2. The van der Waals surface area contributed by atoms with Gasteiger partial charge in [0.1, 0.15) is 17.3 Å². The SMILES string of the molecule is CCc1cc(C(C)=O)nc2cc(-c3ccc(CCC(C)=O)cc3F)nn12. The number of Topliss-reactive ketones (excluding diaryl/α,β-unsaturated/α-hetero) is 2. The van der Waals surface area contributed by atoms with Crippen molar-refractivity contribution in [2.75, 3.05) is 0 Å². The molecule has 0 amide bonds. The fourth-order valence-corrected chi connectivity index (χ4v) is 2.84. The average Bonchev–Trinajstić information content (AvgIpc) is 3.02. The van der Waals surface area contributed by atoms with Crippen LogP contribution in [-0.2, 0) is 17.6 Å². The molecule has 0 aliphatic heterocycles. The summed E-state index contributed by atoms with van der Waals surface area (Å²) in [4.78, 5) is 27.1. The highest BCUT2D eigenvalue weighted by Gasteiger charge is 2.15.